The van der Waals surface area contributed by atoms with Crippen LogP contribution in [-0.4, -0.2) is 49.1 Å². The van der Waals surface area contributed by atoms with Crippen LogP contribution in [-0.2, 0) is 0 Å². The molecule has 0 radical (unpaired) electrons. The first-order chi connectivity index (χ1) is 14.5. The summed E-state index contributed by atoms with van der Waals surface area (Å²) in [5.41, 5.74) is 2.25. The lowest BCUT2D eigenvalue weighted by Gasteiger charge is -2.45. The Morgan fingerprint density at radius 1 is 0.900 bits per heavy atom. The van der Waals surface area contributed by atoms with Crippen molar-refractivity contribution in [1.82, 2.24) is 9.80 Å². The number of piperazine rings is 1. The van der Waals surface area contributed by atoms with Crippen molar-refractivity contribution >= 4 is 40.5 Å². The lowest BCUT2D eigenvalue weighted by atomic mass is 9.95. The third-order valence-corrected chi connectivity index (χ3v) is 7.00. The Bertz CT molecular complexity index is 904. The standard InChI is InChI=1S/C23H25Cl3N4/c24-19-3-1-18(2-4-19)23-15-29(14-17-7-9-28(16-27)10-8-17)11-12-30(23)22-6-5-20(25)13-21(22)26/h1-6,13,17,23H,7-12,14-15H2. The number of likely N-dealkylation sites (tertiary alicyclic amines) is 1. The van der Waals surface area contributed by atoms with Gasteiger partial charge in [0.05, 0.1) is 16.8 Å². The monoisotopic (exact) mass is 462 g/mol. The molecule has 2 aromatic rings. The predicted molar refractivity (Wildman–Crippen MR) is 124 cm³/mol. The van der Waals surface area contributed by atoms with E-state index in [-0.39, 0.29) is 6.04 Å². The highest BCUT2D eigenvalue weighted by Gasteiger charge is 2.31. The molecule has 0 amide bonds. The summed E-state index contributed by atoms with van der Waals surface area (Å²) in [6.45, 7) is 5.64. The van der Waals surface area contributed by atoms with E-state index in [9.17, 15) is 0 Å². The fraction of sp³-hybridized carbons (Fsp3) is 0.435. The number of rotatable bonds is 4. The van der Waals surface area contributed by atoms with Crippen molar-refractivity contribution in [3.63, 3.8) is 0 Å². The average molecular weight is 464 g/mol. The van der Waals surface area contributed by atoms with Gasteiger partial charge in [-0.3, -0.25) is 4.90 Å². The van der Waals surface area contributed by atoms with Crippen LogP contribution in [0.4, 0.5) is 5.69 Å². The Morgan fingerprint density at radius 3 is 2.27 bits per heavy atom. The van der Waals surface area contributed by atoms with Crippen LogP contribution in [0.3, 0.4) is 0 Å². The van der Waals surface area contributed by atoms with Gasteiger partial charge in [0, 0.05) is 49.3 Å². The highest BCUT2D eigenvalue weighted by Crippen LogP contribution is 2.37. The molecule has 2 aliphatic heterocycles. The molecule has 1 atom stereocenters. The zero-order chi connectivity index (χ0) is 21.1. The van der Waals surface area contributed by atoms with Crippen LogP contribution in [0.15, 0.2) is 42.5 Å². The molecule has 2 aliphatic rings. The summed E-state index contributed by atoms with van der Waals surface area (Å²) >= 11 is 18.8. The minimum absolute atomic E-state index is 0.189. The van der Waals surface area contributed by atoms with Crippen molar-refractivity contribution in [2.45, 2.75) is 18.9 Å². The number of halogens is 3. The summed E-state index contributed by atoms with van der Waals surface area (Å²) in [7, 11) is 0. The molecular formula is C23H25Cl3N4. The number of hydrogen-bond acceptors (Lipinski definition) is 4. The number of piperidine rings is 1. The molecule has 2 saturated heterocycles. The Morgan fingerprint density at radius 2 is 1.60 bits per heavy atom. The van der Waals surface area contributed by atoms with Crippen LogP contribution < -0.4 is 4.90 Å². The molecule has 158 valence electrons. The normalized spacial score (nSPS) is 20.9. The van der Waals surface area contributed by atoms with Crippen molar-refractivity contribution in [2.75, 3.05) is 44.2 Å². The first-order valence-corrected chi connectivity index (χ1v) is 11.5. The van der Waals surface area contributed by atoms with Gasteiger partial charge in [-0.05, 0) is 54.7 Å². The zero-order valence-electron chi connectivity index (χ0n) is 16.8. The van der Waals surface area contributed by atoms with E-state index in [1.807, 2.05) is 35.2 Å². The van der Waals surface area contributed by atoms with Gasteiger partial charge in [0.15, 0.2) is 6.19 Å². The van der Waals surface area contributed by atoms with Crippen LogP contribution >= 0.6 is 34.8 Å². The first-order valence-electron chi connectivity index (χ1n) is 10.4. The summed E-state index contributed by atoms with van der Waals surface area (Å²) in [6.07, 6.45) is 4.45. The Kier molecular flexibility index (Phi) is 6.95. The molecule has 7 heteroatoms. The number of anilines is 1. The number of nitrogens with zero attached hydrogens (tertiary/aromatic N) is 4. The zero-order valence-corrected chi connectivity index (χ0v) is 19.0. The molecule has 2 aromatic carbocycles. The van der Waals surface area contributed by atoms with Gasteiger partial charge >= 0.3 is 0 Å². The summed E-state index contributed by atoms with van der Waals surface area (Å²) in [5, 5.41) is 11.2. The molecule has 1 unspecified atom stereocenters. The molecule has 0 aliphatic carbocycles. The molecule has 0 spiro atoms. The van der Waals surface area contributed by atoms with Crippen LogP contribution in [0.1, 0.15) is 24.4 Å². The maximum atomic E-state index is 9.09. The highest BCUT2D eigenvalue weighted by molar-refractivity contribution is 6.36. The van der Waals surface area contributed by atoms with Crippen molar-refractivity contribution in [1.29, 1.82) is 5.26 Å². The lowest BCUT2D eigenvalue weighted by Crippen LogP contribution is -2.50. The van der Waals surface area contributed by atoms with Crippen molar-refractivity contribution < 1.29 is 0 Å². The van der Waals surface area contributed by atoms with E-state index in [2.05, 4.69) is 28.1 Å². The van der Waals surface area contributed by atoms with Gasteiger partial charge < -0.3 is 9.80 Å². The summed E-state index contributed by atoms with van der Waals surface area (Å²) in [5.74, 6) is 0.645. The van der Waals surface area contributed by atoms with E-state index in [0.717, 1.165) is 62.8 Å². The van der Waals surface area contributed by atoms with Crippen LogP contribution in [0.5, 0.6) is 0 Å². The van der Waals surface area contributed by atoms with Crippen LogP contribution in [0, 0.1) is 17.4 Å². The van der Waals surface area contributed by atoms with E-state index in [1.165, 1.54) is 5.56 Å². The van der Waals surface area contributed by atoms with E-state index < -0.39 is 0 Å². The number of benzene rings is 2. The molecule has 4 nitrogen and oxygen atoms in total. The van der Waals surface area contributed by atoms with Crippen LogP contribution in [0.25, 0.3) is 0 Å². The number of nitriles is 1. The van der Waals surface area contributed by atoms with Gasteiger partial charge in [-0.25, -0.2) is 0 Å². The van der Waals surface area contributed by atoms with E-state index in [4.69, 9.17) is 40.1 Å². The SMILES string of the molecule is N#CN1CCC(CN2CCN(c3ccc(Cl)cc3Cl)C(c3ccc(Cl)cc3)C2)CC1. The van der Waals surface area contributed by atoms with Crippen molar-refractivity contribution in [3.05, 3.63) is 63.1 Å². The van der Waals surface area contributed by atoms with Gasteiger partial charge in [-0.1, -0.05) is 46.9 Å². The Balaban J connectivity index is 1.53. The average Bonchev–Trinajstić information content (AvgIpc) is 2.75. The largest absolute Gasteiger partial charge is 0.361 e. The second-order valence-electron chi connectivity index (χ2n) is 8.15. The summed E-state index contributed by atoms with van der Waals surface area (Å²) in [4.78, 5) is 6.82. The summed E-state index contributed by atoms with van der Waals surface area (Å²) in [6, 6.07) is 14.0. The van der Waals surface area contributed by atoms with E-state index in [1.54, 1.807) is 0 Å². The van der Waals surface area contributed by atoms with Gasteiger partial charge in [-0.15, -0.1) is 0 Å². The van der Waals surface area contributed by atoms with E-state index in [0.29, 0.717) is 16.0 Å². The van der Waals surface area contributed by atoms with Crippen molar-refractivity contribution in [2.24, 2.45) is 5.92 Å². The lowest BCUT2D eigenvalue weighted by molar-refractivity contribution is 0.153. The molecular weight excluding hydrogens is 439 g/mol. The molecule has 0 bridgehead atoms. The fourth-order valence-corrected chi connectivity index (χ4v) is 5.20. The maximum Gasteiger partial charge on any atom is 0.179 e. The topological polar surface area (TPSA) is 33.5 Å². The van der Waals surface area contributed by atoms with E-state index >= 15 is 0 Å². The molecule has 30 heavy (non-hydrogen) atoms. The first kappa shape index (κ1) is 21.6. The van der Waals surface area contributed by atoms with Gasteiger partial charge in [0.2, 0.25) is 0 Å². The molecule has 0 N–H and O–H groups in total. The third-order valence-electron chi connectivity index (χ3n) is 6.21. The second kappa shape index (κ2) is 9.66. The Hall–Kier alpha value is -1.64. The quantitative estimate of drug-likeness (QED) is 0.544. The fourth-order valence-electron chi connectivity index (χ4n) is 4.56. The maximum absolute atomic E-state index is 9.09. The number of hydrogen-bond donors (Lipinski definition) is 0. The predicted octanol–water partition coefficient (Wildman–Crippen LogP) is 5.70. The highest BCUT2D eigenvalue weighted by atomic mass is 35.5. The third kappa shape index (κ3) is 4.98. The van der Waals surface area contributed by atoms with Crippen LogP contribution in [0.2, 0.25) is 15.1 Å². The molecule has 4 rings (SSSR count). The van der Waals surface area contributed by atoms with Gasteiger partial charge in [0.25, 0.3) is 0 Å². The summed E-state index contributed by atoms with van der Waals surface area (Å²) < 4.78 is 0. The smallest absolute Gasteiger partial charge is 0.179 e. The minimum Gasteiger partial charge on any atom is -0.361 e. The molecule has 2 fully saturated rings. The molecule has 0 saturated carbocycles. The van der Waals surface area contributed by atoms with Crippen molar-refractivity contribution in [3.8, 4) is 6.19 Å². The molecule has 0 aromatic heterocycles. The van der Waals surface area contributed by atoms with Gasteiger partial charge in [0.1, 0.15) is 0 Å². The minimum atomic E-state index is 0.189. The Labute approximate surface area is 193 Å². The second-order valence-corrected chi connectivity index (χ2v) is 9.43. The molecule has 2 heterocycles. The van der Waals surface area contributed by atoms with Gasteiger partial charge in [-0.2, -0.15) is 5.26 Å².